The first-order chi connectivity index (χ1) is 15.7. The Morgan fingerprint density at radius 1 is 1.06 bits per heavy atom. The van der Waals surface area contributed by atoms with Crippen molar-refractivity contribution < 1.29 is 9.53 Å². The largest absolute Gasteiger partial charge is 0.378 e. The molecule has 4 heterocycles. The predicted molar refractivity (Wildman–Crippen MR) is 124 cm³/mol. The number of fused-ring (bicyclic) bond motifs is 2. The number of pyridine rings is 1. The molecule has 3 aliphatic heterocycles. The number of ether oxygens (including phenoxy) is 1. The molecule has 1 amide bonds. The average Bonchev–Trinajstić information content (AvgIpc) is 2.90. The van der Waals surface area contributed by atoms with Gasteiger partial charge in [-0.05, 0) is 54.0 Å². The number of hydrogen-bond acceptors (Lipinski definition) is 5. The van der Waals surface area contributed by atoms with Gasteiger partial charge in [0.25, 0.3) is 5.91 Å². The third-order valence-electron chi connectivity index (χ3n) is 7.93. The molecule has 0 N–H and O–H groups in total. The van der Waals surface area contributed by atoms with E-state index in [1.807, 2.05) is 4.90 Å². The van der Waals surface area contributed by atoms with Gasteiger partial charge >= 0.3 is 0 Å². The van der Waals surface area contributed by atoms with Gasteiger partial charge in [-0.2, -0.15) is 0 Å². The van der Waals surface area contributed by atoms with Crippen molar-refractivity contribution in [2.75, 3.05) is 38.2 Å². The quantitative estimate of drug-likeness (QED) is 0.727. The lowest BCUT2D eigenvalue weighted by Gasteiger charge is -2.39. The molecule has 32 heavy (non-hydrogen) atoms. The van der Waals surface area contributed by atoms with Gasteiger partial charge in [0.05, 0.1) is 11.7 Å². The van der Waals surface area contributed by atoms with Crippen LogP contribution in [-0.2, 0) is 30.7 Å². The van der Waals surface area contributed by atoms with Crippen LogP contribution in [0.1, 0.15) is 51.9 Å². The van der Waals surface area contributed by atoms with E-state index in [1.54, 1.807) is 13.3 Å². The second-order valence-corrected chi connectivity index (χ2v) is 9.85. The zero-order chi connectivity index (χ0) is 21.7. The molecule has 1 aliphatic carbocycles. The first-order valence-electron chi connectivity index (χ1n) is 12.1. The highest BCUT2D eigenvalue weighted by Gasteiger charge is 2.32. The number of carbonyl (C=O) groups is 1. The first-order valence-corrected chi connectivity index (χ1v) is 12.1. The van der Waals surface area contributed by atoms with Crippen molar-refractivity contribution in [1.29, 1.82) is 0 Å². The summed E-state index contributed by atoms with van der Waals surface area (Å²) in [4.78, 5) is 24.4. The molecule has 1 aromatic carbocycles. The smallest absolute Gasteiger partial charge is 0.256 e. The number of amides is 1. The summed E-state index contributed by atoms with van der Waals surface area (Å²) in [5.74, 6) is 1.05. The van der Waals surface area contributed by atoms with Crippen molar-refractivity contribution in [2.24, 2.45) is 0 Å². The van der Waals surface area contributed by atoms with E-state index in [4.69, 9.17) is 4.74 Å². The van der Waals surface area contributed by atoms with Crippen LogP contribution < -0.4 is 4.90 Å². The standard InChI is InChI=1S/C26H32N4O2/c1-32-23-16-29(17-23)25-12-21-15-30(26(31)24(21)13-27-25)14-18-5-6-19-7-9-28(22-3-2-4-22)10-8-20(19)11-18/h5-6,11-13,22-23H,2-4,7-10,14-17H2,1H3. The molecule has 168 valence electrons. The maximum atomic E-state index is 13.0. The van der Waals surface area contributed by atoms with E-state index in [1.165, 1.54) is 49.0 Å². The average molecular weight is 433 g/mol. The number of carbonyl (C=O) groups excluding carboxylic acids is 1. The second-order valence-electron chi connectivity index (χ2n) is 9.85. The topological polar surface area (TPSA) is 48.9 Å². The molecule has 6 heteroatoms. The van der Waals surface area contributed by atoms with Crippen LogP contribution in [0.5, 0.6) is 0 Å². The number of hydrogen-bond donors (Lipinski definition) is 0. The van der Waals surface area contributed by atoms with E-state index in [0.29, 0.717) is 13.1 Å². The Morgan fingerprint density at radius 3 is 2.62 bits per heavy atom. The number of methoxy groups -OCH3 is 1. The summed E-state index contributed by atoms with van der Waals surface area (Å²) >= 11 is 0. The molecule has 0 spiro atoms. The lowest BCUT2D eigenvalue weighted by atomic mass is 9.91. The summed E-state index contributed by atoms with van der Waals surface area (Å²) in [6.45, 7) is 5.43. The molecule has 2 fully saturated rings. The Morgan fingerprint density at radius 2 is 1.88 bits per heavy atom. The van der Waals surface area contributed by atoms with Gasteiger partial charge in [0, 0.05) is 58.6 Å². The third kappa shape index (κ3) is 3.59. The highest BCUT2D eigenvalue weighted by Crippen LogP contribution is 2.30. The minimum absolute atomic E-state index is 0.100. The molecular formula is C26H32N4O2. The molecule has 6 nitrogen and oxygen atoms in total. The first kappa shape index (κ1) is 20.2. The summed E-state index contributed by atoms with van der Waals surface area (Å²) in [7, 11) is 1.75. The Kier molecular flexibility index (Phi) is 5.15. The summed E-state index contributed by atoms with van der Waals surface area (Å²) < 4.78 is 5.37. The molecule has 4 aliphatic rings. The third-order valence-corrected chi connectivity index (χ3v) is 7.93. The van der Waals surface area contributed by atoms with Gasteiger partial charge in [0.15, 0.2) is 0 Å². The predicted octanol–water partition coefficient (Wildman–Crippen LogP) is 3.03. The lowest BCUT2D eigenvalue weighted by Crippen LogP contribution is -2.52. The molecule has 6 rings (SSSR count). The monoisotopic (exact) mass is 432 g/mol. The molecule has 2 aromatic rings. The van der Waals surface area contributed by atoms with Crippen molar-refractivity contribution in [1.82, 2.24) is 14.8 Å². The van der Waals surface area contributed by atoms with Gasteiger partial charge in [0.1, 0.15) is 5.82 Å². The van der Waals surface area contributed by atoms with Gasteiger partial charge in [-0.25, -0.2) is 4.98 Å². The number of benzene rings is 1. The molecular weight excluding hydrogens is 400 g/mol. The summed E-state index contributed by atoms with van der Waals surface area (Å²) in [6.07, 6.45) is 8.47. The number of rotatable bonds is 5. The van der Waals surface area contributed by atoms with Crippen molar-refractivity contribution in [2.45, 2.75) is 57.3 Å². The van der Waals surface area contributed by atoms with Crippen molar-refractivity contribution in [3.63, 3.8) is 0 Å². The van der Waals surface area contributed by atoms with Gasteiger partial charge in [-0.3, -0.25) is 9.69 Å². The van der Waals surface area contributed by atoms with Gasteiger partial charge in [0.2, 0.25) is 0 Å². The SMILES string of the molecule is COC1CN(c2cc3c(cn2)C(=O)N(Cc2ccc4c(c2)CCN(C2CCC2)CC4)C3)C1. The Bertz CT molecular complexity index is 1030. The number of aromatic nitrogens is 1. The Balaban J connectivity index is 1.13. The van der Waals surface area contributed by atoms with Crippen LogP contribution in [-0.4, -0.2) is 66.1 Å². The molecule has 0 atom stereocenters. The fraction of sp³-hybridized carbons (Fsp3) is 0.538. The molecule has 1 saturated heterocycles. The molecule has 1 aromatic heterocycles. The second kappa shape index (κ2) is 8.16. The van der Waals surface area contributed by atoms with E-state index in [-0.39, 0.29) is 12.0 Å². The van der Waals surface area contributed by atoms with Crippen LogP contribution in [0, 0.1) is 0 Å². The normalized spacial score (nSPS) is 21.7. The summed E-state index contributed by atoms with van der Waals surface area (Å²) in [5.41, 5.74) is 6.04. The highest BCUT2D eigenvalue weighted by molar-refractivity contribution is 5.98. The molecule has 0 radical (unpaired) electrons. The van der Waals surface area contributed by atoms with Crippen LogP contribution in [0.2, 0.25) is 0 Å². The van der Waals surface area contributed by atoms with Crippen molar-refractivity contribution in [3.8, 4) is 0 Å². The fourth-order valence-corrected chi connectivity index (χ4v) is 5.56. The maximum Gasteiger partial charge on any atom is 0.256 e. The highest BCUT2D eigenvalue weighted by atomic mass is 16.5. The van der Waals surface area contributed by atoms with E-state index >= 15 is 0 Å². The lowest BCUT2D eigenvalue weighted by molar-refractivity contribution is 0.0766. The van der Waals surface area contributed by atoms with Crippen LogP contribution in [0.3, 0.4) is 0 Å². The van der Waals surface area contributed by atoms with Gasteiger partial charge in [-0.15, -0.1) is 0 Å². The number of nitrogens with zero attached hydrogens (tertiary/aromatic N) is 4. The fourth-order valence-electron chi connectivity index (χ4n) is 5.56. The minimum atomic E-state index is 0.100. The van der Waals surface area contributed by atoms with Gasteiger partial charge < -0.3 is 14.5 Å². The zero-order valence-corrected chi connectivity index (χ0v) is 18.9. The van der Waals surface area contributed by atoms with Crippen LogP contribution >= 0.6 is 0 Å². The van der Waals surface area contributed by atoms with E-state index < -0.39 is 0 Å². The van der Waals surface area contributed by atoms with E-state index in [9.17, 15) is 4.79 Å². The van der Waals surface area contributed by atoms with Crippen molar-refractivity contribution >= 4 is 11.7 Å². The zero-order valence-electron chi connectivity index (χ0n) is 18.9. The Labute approximate surface area is 190 Å². The maximum absolute atomic E-state index is 13.0. The Hall–Kier alpha value is -2.44. The molecule has 1 saturated carbocycles. The molecule has 0 unspecified atom stereocenters. The molecule has 0 bridgehead atoms. The minimum Gasteiger partial charge on any atom is -0.378 e. The summed E-state index contributed by atoms with van der Waals surface area (Å²) in [5, 5.41) is 0. The number of anilines is 1. The summed E-state index contributed by atoms with van der Waals surface area (Å²) in [6, 6.07) is 9.79. The van der Waals surface area contributed by atoms with Crippen molar-refractivity contribution in [3.05, 3.63) is 58.3 Å². The van der Waals surface area contributed by atoms with Gasteiger partial charge in [-0.1, -0.05) is 24.6 Å². The van der Waals surface area contributed by atoms with E-state index in [0.717, 1.165) is 48.9 Å². The van der Waals surface area contributed by atoms with Crippen LogP contribution in [0.4, 0.5) is 5.82 Å². The van der Waals surface area contributed by atoms with E-state index in [2.05, 4.69) is 39.0 Å². The van der Waals surface area contributed by atoms with Crippen LogP contribution in [0.15, 0.2) is 30.5 Å². The van der Waals surface area contributed by atoms with Crippen LogP contribution in [0.25, 0.3) is 0 Å².